The van der Waals surface area contributed by atoms with Crippen LogP contribution in [0.3, 0.4) is 0 Å². The summed E-state index contributed by atoms with van der Waals surface area (Å²) in [7, 11) is 0. The van der Waals surface area contributed by atoms with Crippen molar-refractivity contribution in [3.8, 4) is 0 Å². The molecule has 7 nitrogen and oxygen atoms in total. The second-order valence-corrected chi connectivity index (χ2v) is 5.83. The predicted molar refractivity (Wildman–Crippen MR) is 81.8 cm³/mol. The van der Waals surface area contributed by atoms with Gasteiger partial charge < -0.3 is 14.6 Å². The van der Waals surface area contributed by atoms with Gasteiger partial charge in [0.15, 0.2) is 0 Å². The van der Waals surface area contributed by atoms with E-state index in [9.17, 15) is 4.79 Å². The maximum Gasteiger partial charge on any atom is 0.410 e. The van der Waals surface area contributed by atoms with Gasteiger partial charge in [-0.1, -0.05) is 0 Å². The van der Waals surface area contributed by atoms with Gasteiger partial charge >= 0.3 is 6.09 Å². The van der Waals surface area contributed by atoms with Crippen molar-refractivity contribution in [2.75, 3.05) is 24.6 Å². The topological polar surface area (TPSA) is 74.3 Å². The smallest absolute Gasteiger partial charge is 0.410 e. The summed E-state index contributed by atoms with van der Waals surface area (Å²) in [6.07, 6.45) is 5.35. The van der Waals surface area contributed by atoms with E-state index < -0.39 is 0 Å². The molecule has 2 aliphatic rings. The first kappa shape index (κ1) is 13.4. The number of H-pyrrole nitrogens is 1. The van der Waals surface area contributed by atoms with Crippen LogP contribution in [0.2, 0.25) is 0 Å². The molecule has 0 spiro atoms. The fraction of sp³-hybridized carbons (Fsp3) is 0.533. The number of carbonyl (C=O) groups is 1. The summed E-state index contributed by atoms with van der Waals surface area (Å²) in [4.78, 5) is 28.2. The van der Waals surface area contributed by atoms with Crippen LogP contribution in [-0.4, -0.2) is 57.7 Å². The number of hydrogen-bond acceptors (Lipinski definition) is 5. The number of aromatic nitrogens is 3. The molecular weight excluding hydrogens is 282 g/mol. The fourth-order valence-corrected chi connectivity index (χ4v) is 3.68. The molecule has 2 bridgehead atoms. The lowest BCUT2D eigenvalue weighted by molar-refractivity contribution is 0.0826. The number of carbonyl (C=O) groups excluding carboxylic acids is 1. The van der Waals surface area contributed by atoms with Crippen LogP contribution >= 0.6 is 0 Å². The van der Waals surface area contributed by atoms with Crippen LogP contribution in [0, 0.1) is 0 Å². The molecule has 2 aromatic heterocycles. The number of amides is 1. The van der Waals surface area contributed by atoms with Crippen LogP contribution in [0.4, 0.5) is 10.6 Å². The molecule has 1 amide bonds. The van der Waals surface area contributed by atoms with Gasteiger partial charge in [-0.15, -0.1) is 0 Å². The maximum atomic E-state index is 12.1. The van der Waals surface area contributed by atoms with Crippen LogP contribution in [0.25, 0.3) is 11.0 Å². The zero-order valence-electron chi connectivity index (χ0n) is 12.5. The van der Waals surface area contributed by atoms with Crippen LogP contribution in [0.1, 0.15) is 19.8 Å². The Hall–Kier alpha value is -2.31. The zero-order chi connectivity index (χ0) is 15.1. The number of hydrogen-bond donors (Lipinski definition) is 1. The van der Waals surface area contributed by atoms with E-state index in [1.807, 2.05) is 24.1 Å². The SMILES string of the molecule is CCOC(=O)N1[C@@H]2CC[C@H]1CN(c1ncnc3[nH]ccc13)C2. The average molecular weight is 301 g/mol. The molecule has 2 aromatic rings. The largest absolute Gasteiger partial charge is 0.450 e. The summed E-state index contributed by atoms with van der Waals surface area (Å²) in [6, 6.07) is 2.42. The van der Waals surface area contributed by atoms with Crippen LogP contribution in [-0.2, 0) is 4.74 Å². The van der Waals surface area contributed by atoms with E-state index in [4.69, 9.17) is 4.74 Å². The minimum Gasteiger partial charge on any atom is -0.450 e. The van der Waals surface area contributed by atoms with E-state index in [1.54, 1.807) is 6.33 Å². The minimum atomic E-state index is -0.177. The number of piperazine rings is 1. The highest BCUT2D eigenvalue weighted by Gasteiger charge is 2.43. The van der Waals surface area contributed by atoms with Gasteiger partial charge in [0.2, 0.25) is 0 Å². The number of anilines is 1. The van der Waals surface area contributed by atoms with Crippen molar-refractivity contribution in [3.63, 3.8) is 0 Å². The van der Waals surface area contributed by atoms with Crippen molar-refractivity contribution in [2.24, 2.45) is 0 Å². The summed E-state index contributed by atoms with van der Waals surface area (Å²) in [6.45, 7) is 3.87. The molecule has 4 rings (SSSR count). The minimum absolute atomic E-state index is 0.177. The molecule has 2 aliphatic heterocycles. The summed E-state index contributed by atoms with van der Waals surface area (Å²) in [5, 5.41) is 1.03. The second kappa shape index (κ2) is 5.15. The quantitative estimate of drug-likeness (QED) is 0.915. The molecule has 0 saturated carbocycles. The highest BCUT2D eigenvalue weighted by atomic mass is 16.6. The van der Waals surface area contributed by atoms with E-state index in [0.29, 0.717) is 6.61 Å². The molecule has 2 saturated heterocycles. The average Bonchev–Trinajstić information content (AvgIpc) is 3.09. The monoisotopic (exact) mass is 301 g/mol. The van der Waals surface area contributed by atoms with Crippen molar-refractivity contribution < 1.29 is 9.53 Å². The second-order valence-electron chi connectivity index (χ2n) is 5.83. The molecule has 7 heteroatoms. The van der Waals surface area contributed by atoms with Gasteiger partial charge in [0.1, 0.15) is 17.8 Å². The normalized spacial score (nSPS) is 24.0. The first-order valence-corrected chi connectivity index (χ1v) is 7.76. The van der Waals surface area contributed by atoms with E-state index in [2.05, 4.69) is 19.9 Å². The standard InChI is InChI=1S/C15H19N5O2/c1-2-22-15(21)20-10-3-4-11(20)8-19(7-10)14-12-5-6-16-13(12)17-9-18-14/h5-6,9-11H,2-4,7-8H2,1H3,(H,16,17,18)/t10-,11+. The third-order valence-corrected chi connectivity index (χ3v) is 4.59. The molecule has 0 aliphatic carbocycles. The Morgan fingerprint density at radius 3 is 2.86 bits per heavy atom. The molecule has 2 atom stereocenters. The van der Waals surface area contributed by atoms with E-state index in [-0.39, 0.29) is 18.2 Å². The first-order chi connectivity index (χ1) is 10.8. The van der Waals surface area contributed by atoms with E-state index in [0.717, 1.165) is 42.8 Å². The Morgan fingerprint density at radius 2 is 2.14 bits per heavy atom. The van der Waals surface area contributed by atoms with Gasteiger partial charge in [0.25, 0.3) is 0 Å². The zero-order valence-corrected chi connectivity index (χ0v) is 12.5. The Kier molecular flexibility index (Phi) is 3.13. The lowest BCUT2D eigenvalue weighted by Gasteiger charge is -2.40. The number of aromatic amines is 1. The van der Waals surface area contributed by atoms with Gasteiger partial charge in [-0.05, 0) is 25.8 Å². The lowest BCUT2D eigenvalue weighted by Crippen LogP contribution is -2.56. The van der Waals surface area contributed by atoms with Crippen molar-refractivity contribution in [2.45, 2.75) is 31.8 Å². The van der Waals surface area contributed by atoms with Gasteiger partial charge in [0.05, 0.1) is 24.1 Å². The van der Waals surface area contributed by atoms with Crippen molar-refractivity contribution in [3.05, 3.63) is 18.6 Å². The van der Waals surface area contributed by atoms with Crippen LogP contribution in [0.15, 0.2) is 18.6 Å². The van der Waals surface area contributed by atoms with E-state index in [1.165, 1.54) is 0 Å². The number of fused-ring (bicyclic) bond motifs is 3. The van der Waals surface area contributed by atoms with Crippen molar-refractivity contribution >= 4 is 22.9 Å². The lowest BCUT2D eigenvalue weighted by atomic mass is 10.2. The molecule has 0 unspecified atom stereocenters. The molecule has 116 valence electrons. The predicted octanol–water partition coefficient (Wildman–Crippen LogP) is 1.77. The summed E-state index contributed by atoms with van der Waals surface area (Å²) < 4.78 is 5.20. The third kappa shape index (κ3) is 2.00. The molecule has 0 radical (unpaired) electrons. The Morgan fingerprint density at radius 1 is 1.36 bits per heavy atom. The third-order valence-electron chi connectivity index (χ3n) is 4.59. The number of nitrogens with one attached hydrogen (secondary N) is 1. The van der Waals surface area contributed by atoms with Crippen molar-refractivity contribution in [1.29, 1.82) is 0 Å². The Labute approximate surface area is 128 Å². The fourth-order valence-electron chi connectivity index (χ4n) is 3.68. The Balaban J connectivity index is 1.60. The van der Waals surface area contributed by atoms with Gasteiger partial charge in [-0.2, -0.15) is 0 Å². The highest BCUT2D eigenvalue weighted by Crippen LogP contribution is 2.34. The van der Waals surface area contributed by atoms with Gasteiger partial charge in [-0.3, -0.25) is 4.90 Å². The van der Waals surface area contributed by atoms with Crippen molar-refractivity contribution in [1.82, 2.24) is 19.9 Å². The van der Waals surface area contributed by atoms with Crippen LogP contribution < -0.4 is 4.90 Å². The van der Waals surface area contributed by atoms with E-state index >= 15 is 0 Å². The summed E-state index contributed by atoms with van der Waals surface area (Å²) >= 11 is 0. The van der Waals surface area contributed by atoms with Crippen LogP contribution in [0.5, 0.6) is 0 Å². The molecule has 2 fully saturated rings. The van der Waals surface area contributed by atoms with Gasteiger partial charge in [-0.25, -0.2) is 14.8 Å². The molecule has 0 aromatic carbocycles. The number of ether oxygens (including phenoxy) is 1. The number of nitrogens with zero attached hydrogens (tertiary/aromatic N) is 4. The van der Waals surface area contributed by atoms with Gasteiger partial charge in [0, 0.05) is 19.3 Å². The first-order valence-electron chi connectivity index (χ1n) is 7.76. The maximum absolute atomic E-state index is 12.1. The summed E-state index contributed by atoms with van der Waals surface area (Å²) in [5.41, 5.74) is 0.852. The Bertz CT molecular complexity index is 686. The molecule has 4 heterocycles. The molecule has 1 N–H and O–H groups in total. The molecule has 22 heavy (non-hydrogen) atoms. The summed E-state index contributed by atoms with van der Waals surface area (Å²) in [5.74, 6) is 0.951. The highest BCUT2D eigenvalue weighted by molar-refractivity contribution is 5.87. The molecular formula is C15H19N5O2. The number of rotatable bonds is 2.